The summed E-state index contributed by atoms with van der Waals surface area (Å²) in [4.78, 5) is 18.8. The number of carbonyl (C=O) groups is 1. The number of aryl methyl sites for hydroxylation is 1. The molecule has 0 radical (unpaired) electrons. The number of benzene rings is 2. The zero-order chi connectivity index (χ0) is 18.5. The first kappa shape index (κ1) is 17.9. The summed E-state index contributed by atoms with van der Waals surface area (Å²) in [6.07, 6.45) is 0.129. The summed E-state index contributed by atoms with van der Waals surface area (Å²) in [6, 6.07) is 16.2. The highest BCUT2D eigenvalue weighted by molar-refractivity contribution is 5.78. The zero-order valence-electron chi connectivity index (χ0n) is 14.9. The van der Waals surface area contributed by atoms with E-state index in [-0.39, 0.29) is 18.2 Å². The summed E-state index contributed by atoms with van der Waals surface area (Å²) < 4.78 is 19.5. The number of hydrogen-bond donors (Lipinski definition) is 0. The third-order valence-corrected chi connectivity index (χ3v) is 4.27. The van der Waals surface area contributed by atoms with Gasteiger partial charge in [-0.15, -0.1) is 0 Å². The molecule has 0 fully saturated rings. The molecule has 0 saturated carbocycles. The van der Waals surface area contributed by atoms with Crippen LogP contribution in [0.25, 0.3) is 11.5 Å². The van der Waals surface area contributed by atoms with Crippen molar-refractivity contribution >= 4 is 5.91 Å². The molecule has 0 N–H and O–H groups in total. The Morgan fingerprint density at radius 1 is 1.12 bits per heavy atom. The lowest BCUT2D eigenvalue weighted by Gasteiger charge is -2.20. The number of rotatable bonds is 6. The van der Waals surface area contributed by atoms with E-state index in [0.29, 0.717) is 30.1 Å². The van der Waals surface area contributed by atoms with Gasteiger partial charge < -0.3 is 9.32 Å². The second-order valence-electron chi connectivity index (χ2n) is 6.07. The van der Waals surface area contributed by atoms with Gasteiger partial charge in [-0.25, -0.2) is 9.37 Å². The maximum absolute atomic E-state index is 13.9. The Morgan fingerprint density at radius 3 is 2.50 bits per heavy atom. The van der Waals surface area contributed by atoms with Gasteiger partial charge in [-0.3, -0.25) is 4.79 Å². The van der Waals surface area contributed by atoms with Crippen LogP contribution >= 0.6 is 0 Å². The van der Waals surface area contributed by atoms with E-state index in [4.69, 9.17) is 4.42 Å². The van der Waals surface area contributed by atoms with Gasteiger partial charge in [0, 0.05) is 13.1 Å². The van der Waals surface area contributed by atoms with E-state index in [1.54, 1.807) is 30.0 Å². The molecular formula is C21H21FN2O2. The maximum Gasteiger partial charge on any atom is 0.229 e. The lowest BCUT2D eigenvalue weighted by Crippen LogP contribution is -2.31. The molecular weight excluding hydrogens is 331 g/mol. The minimum atomic E-state index is -0.397. The molecule has 4 nitrogen and oxygen atoms in total. The van der Waals surface area contributed by atoms with Crippen LogP contribution < -0.4 is 0 Å². The monoisotopic (exact) mass is 352 g/mol. The summed E-state index contributed by atoms with van der Waals surface area (Å²) in [5.41, 5.74) is 1.91. The smallest absolute Gasteiger partial charge is 0.229 e. The first-order valence-electron chi connectivity index (χ1n) is 8.61. The Bertz CT molecular complexity index is 890. The first-order valence-corrected chi connectivity index (χ1v) is 8.61. The van der Waals surface area contributed by atoms with Gasteiger partial charge >= 0.3 is 0 Å². The molecule has 0 spiro atoms. The molecule has 26 heavy (non-hydrogen) atoms. The molecule has 134 valence electrons. The van der Waals surface area contributed by atoms with Crippen molar-refractivity contribution in [3.63, 3.8) is 0 Å². The highest BCUT2D eigenvalue weighted by atomic mass is 19.1. The number of oxazole rings is 1. The van der Waals surface area contributed by atoms with Gasteiger partial charge in [0.05, 0.1) is 17.7 Å². The number of aromatic nitrogens is 1. The highest BCUT2D eigenvalue weighted by Gasteiger charge is 2.19. The van der Waals surface area contributed by atoms with Gasteiger partial charge in [-0.05, 0) is 31.5 Å². The topological polar surface area (TPSA) is 46.3 Å². The molecule has 1 heterocycles. The van der Waals surface area contributed by atoms with Crippen molar-refractivity contribution in [1.82, 2.24) is 9.88 Å². The van der Waals surface area contributed by atoms with Crippen molar-refractivity contribution in [1.29, 1.82) is 0 Å². The van der Waals surface area contributed by atoms with Crippen molar-refractivity contribution in [3.8, 4) is 11.5 Å². The zero-order valence-corrected chi connectivity index (χ0v) is 14.9. The molecule has 0 aliphatic rings. The van der Waals surface area contributed by atoms with Crippen molar-refractivity contribution in [2.75, 3.05) is 6.54 Å². The average molecular weight is 352 g/mol. The summed E-state index contributed by atoms with van der Waals surface area (Å²) in [7, 11) is 0. The van der Waals surface area contributed by atoms with Crippen LogP contribution in [0.1, 0.15) is 23.9 Å². The largest absolute Gasteiger partial charge is 0.441 e. The average Bonchev–Trinajstić information content (AvgIpc) is 3.01. The van der Waals surface area contributed by atoms with E-state index in [1.807, 2.05) is 37.3 Å². The molecule has 0 saturated heterocycles. The molecule has 3 rings (SSSR count). The van der Waals surface area contributed by atoms with Crippen LogP contribution in [-0.4, -0.2) is 22.3 Å². The Balaban J connectivity index is 1.75. The van der Waals surface area contributed by atoms with Crippen molar-refractivity contribution in [2.45, 2.75) is 26.8 Å². The first-order chi connectivity index (χ1) is 12.6. The molecule has 2 aromatic carbocycles. The summed E-state index contributed by atoms with van der Waals surface area (Å²) in [5, 5.41) is 0. The molecule has 3 aromatic rings. The van der Waals surface area contributed by atoms with Crippen LogP contribution in [0.4, 0.5) is 4.39 Å². The number of halogens is 1. The Hall–Kier alpha value is -2.95. The van der Waals surface area contributed by atoms with Crippen molar-refractivity contribution < 1.29 is 13.6 Å². The minimum absolute atomic E-state index is 0.0344. The van der Waals surface area contributed by atoms with Gasteiger partial charge in [0.2, 0.25) is 11.8 Å². The predicted molar refractivity (Wildman–Crippen MR) is 97.9 cm³/mol. The van der Waals surface area contributed by atoms with Gasteiger partial charge in [0.1, 0.15) is 11.6 Å². The fraction of sp³-hybridized carbons (Fsp3) is 0.238. The van der Waals surface area contributed by atoms with Crippen LogP contribution in [-0.2, 0) is 17.8 Å². The van der Waals surface area contributed by atoms with Crippen LogP contribution in [0.2, 0.25) is 0 Å². The molecule has 5 heteroatoms. The lowest BCUT2D eigenvalue weighted by atomic mass is 10.2. The van der Waals surface area contributed by atoms with E-state index in [9.17, 15) is 9.18 Å². The molecule has 1 amide bonds. The second kappa shape index (κ2) is 7.95. The fourth-order valence-corrected chi connectivity index (χ4v) is 2.78. The van der Waals surface area contributed by atoms with E-state index >= 15 is 0 Å². The van der Waals surface area contributed by atoms with Crippen molar-refractivity contribution in [3.05, 3.63) is 77.4 Å². The van der Waals surface area contributed by atoms with Gasteiger partial charge in [-0.2, -0.15) is 0 Å². The minimum Gasteiger partial charge on any atom is -0.441 e. The van der Waals surface area contributed by atoms with E-state index in [0.717, 1.165) is 5.56 Å². The molecule has 0 bridgehead atoms. The second-order valence-corrected chi connectivity index (χ2v) is 6.07. The Labute approximate surface area is 152 Å². The molecule has 0 atom stereocenters. The Morgan fingerprint density at radius 2 is 1.81 bits per heavy atom. The normalized spacial score (nSPS) is 10.7. The number of likely N-dealkylation sites (N-methyl/N-ethyl adjacent to an activating group) is 1. The van der Waals surface area contributed by atoms with Crippen molar-refractivity contribution in [2.24, 2.45) is 0 Å². The van der Waals surface area contributed by atoms with E-state index in [1.165, 1.54) is 6.07 Å². The number of hydrogen-bond acceptors (Lipinski definition) is 3. The number of nitrogens with zero attached hydrogens (tertiary/aromatic N) is 2. The van der Waals surface area contributed by atoms with E-state index < -0.39 is 5.82 Å². The molecule has 1 aromatic heterocycles. The third-order valence-electron chi connectivity index (χ3n) is 4.27. The maximum atomic E-state index is 13.9. The van der Waals surface area contributed by atoms with Gasteiger partial charge in [-0.1, -0.05) is 42.5 Å². The van der Waals surface area contributed by atoms with E-state index in [2.05, 4.69) is 4.98 Å². The Kier molecular flexibility index (Phi) is 5.46. The SMILES string of the molecule is CCN(Cc1ccccc1)C(=O)Cc1nc(-c2ccccc2F)oc1C. The van der Waals surface area contributed by atoms with Crippen LogP contribution in [0.5, 0.6) is 0 Å². The predicted octanol–water partition coefficient (Wildman–Crippen LogP) is 4.38. The number of amides is 1. The fourth-order valence-electron chi connectivity index (χ4n) is 2.78. The molecule has 0 aliphatic carbocycles. The van der Waals surface area contributed by atoms with Crippen LogP contribution in [0.3, 0.4) is 0 Å². The summed E-state index contributed by atoms with van der Waals surface area (Å²) >= 11 is 0. The van der Waals surface area contributed by atoms with Gasteiger partial charge in [0.15, 0.2) is 0 Å². The summed E-state index contributed by atoms with van der Waals surface area (Å²) in [5.74, 6) is 0.306. The van der Waals surface area contributed by atoms with Gasteiger partial charge in [0.25, 0.3) is 0 Å². The van der Waals surface area contributed by atoms with Crippen LogP contribution in [0.15, 0.2) is 59.0 Å². The number of carbonyl (C=O) groups excluding carboxylic acids is 1. The standard InChI is InChI=1S/C21H21FN2O2/c1-3-24(14-16-9-5-4-6-10-16)20(25)13-19-15(2)26-21(23-19)17-11-7-8-12-18(17)22/h4-12H,3,13-14H2,1-2H3. The molecule has 0 aliphatic heterocycles. The lowest BCUT2D eigenvalue weighted by molar-refractivity contribution is -0.130. The quantitative estimate of drug-likeness (QED) is 0.661. The third kappa shape index (κ3) is 3.99. The summed E-state index contributed by atoms with van der Waals surface area (Å²) in [6.45, 7) is 4.84. The highest BCUT2D eigenvalue weighted by Crippen LogP contribution is 2.24. The van der Waals surface area contributed by atoms with Crippen LogP contribution in [0, 0.1) is 12.7 Å². The molecule has 0 unspecified atom stereocenters.